The third kappa shape index (κ3) is 1.64. The molecule has 2 N–H and O–H groups in total. The molecule has 1 aliphatic carbocycles. The first-order chi connectivity index (χ1) is 6.68. The second-order valence-electron chi connectivity index (χ2n) is 4.22. The van der Waals surface area contributed by atoms with Crippen LogP contribution in [0.3, 0.4) is 0 Å². The third-order valence-electron chi connectivity index (χ3n) is 3.15. The maximum absolute atomic E-state index is 11.1. The first-order valence-corrected chi connectivity index (χ1v) is 5.25. The Morgan fingerprint density at radius 1 is 1.43 bits per heavy atom. The first-order valence-electron chi connectivity index (χ1n) is 5.25. The number of nitrogens with two attached hydrogens (primary N) is 1. The highest BCUT2D eigenvalue weighted by atomic mass is 16.1. The van der Waals surface area contributed by atoms with Gasteiger partial charge in [0.05, 0.1) is 5.71 Å². The van der Waals surface area contributed by atoms with Crippen LogP contribution in [-0.4, -0.2) is 17.7 Å². The summed E-state index contributed by atoms with van der Waals surface area (Å²) in [6, 6.07) is 0.191. The van der Waals surface area contributed by atoms with E-state index in [0.717, 1.165) is 24.1 Å². The molecule has 14 heavy (non-hydrogen) atoms. The van der Waals surface area contributed by atoms with Crippen molar-refractivity contribution in [3.05, 3.63) is 11.6 Å². The molecule has 2 atom stereocenters. The highest BCUT2D eigenvalue weighted by Crippen LogP contribution is 2.28. The van der Waals surface area contributed by atoms with Crippen molar-refractivity contribution >= 4 is 11.6 Å². The lowest BCUT2D eigenvalue weighted by Gasteiger charge is -2.28. The first kappa shape index (κ1) is 9.59. The molecule has 1 saturated carbocycles. The molecule has 0 spiro atoms. The van der Waals surface area contributed by atoms with Gasteiger partial charge in [-0.25, -0.2) is 4.99 Å². The summed E-state index contributed by atoms with van der Waals surface area (Å²) in [6.07, 6.45) is 6.17. The normalized spacial score (nSPS) is 32.9. The zero-order chi connectivity index (χ0) is 10.1. The van der Waals surface area contributed by atoms with E-state index in [9.17, 15) is 4.79 Å². The van der Waals surface area contributed by atoms with Crippen molar-refractivity contribution in [2.75, 3.05) is 0 Å². The molecule has 1 heterocycles. The predicted octanol–water partition coefficient (Wildman–Crippen LogP) is 1.43. The number of aliphatic imine (C=N–C) groups is 1. The average molecular weight is 192 g/mol. The van der Waals surface area contributed by atoms with Gasteiger partial charge in [0.25, 0.3) is 5.91 Å². The molecule has 0 saturated heterocycles. The number of amides is 1. The molecule has 0 bridgehead atoms. The Kier molecular flexibility index (Phi) is 2.50. The van der Waals surface area contributed by atoms with Crippen LogP contribution >= 0.6 is 0 Å². The third-order valence-corrected chi connectivity index (χ3v) is 3.15. The SMILES string of the molecule is CC1=CC(=O)N=C1[C@@H]1CCCC[C@H]1N. The van der Waals surface area contributed by atoms with Crippen molar-refractivity contribution in [3.8, 4) is 0 Å². The summed E-state index contributed by atoms with van der Waals surface area (Å²) in [5, 5.41) is 0. The Labute approximate surface area is 84.1 Å². The minimum absolute atomic E-state index is 0.115. The van der Waals surface area contributed by atoms with Crippen molar-refractivity contribution in [3.63, 3.8) is 0 Å². The van der Waals surface area contributed by atoms with Crippen molar-refractivity contribution < 1.29 is 4.79 Å². The molecule has 76 valence electrons. The number of carbonyl (C=O) groups excluding carboxylic acids is 1. The molecule has 3 nitrogen and oxygen atoms in total. The molecule has 0 aromatic heterocycles. The van der Waals surface area contributed by atoms with E-state index in [1.165, 1.54) is 12.8 Å². The minimum atomic E-state index is -0.115. The predicted molar refractivity (Wildman–Crippen MR) is 56.1 cm³/mol. The van der Waals surface area contributed by atoms with Crippen LogP contribution in [-0.2, 0) is 4.79 Å². The lowest BCUT2D eigenvalue weighted by atomic mass is 9.80. The van der Waals surface area contributed by atoms with Gasteiger partial charge in [-0.15, -0.1) is 0 Å². The fourth-order valence-corrected chi connectivity index (χ4v) is 2.37. The maximum atomic E-state index is 11.1. The molecule has 2 aliphatic rings. The molecule has 2 rings (SSSR count). The van der Waals surface area contributed by atoms with E-state index in [-0.39, 0.29) is 11.9 Å². The summed E-state index contributed by atoms with van der Waals surface area (Å²) in [5.74, 6) is 0.196. The molecule has 1 amide bonds. The van der Waals surface area contributed by atoms with Crippen LogP contribution in [0.4, 0.5) is 0 Å². The van der Waals surface area contributed by atoms with Gasteiger partial charge in [0.1, 0.15) is 0 Å². The second-order valence-corrected chi connectivity index (χ2v) is 4.22. The van der Waals surface area contributed by atoms with E-state index >= 15 is 0 Å². The summed E-state index contributed by atoms with van der Waals surface area (Å²) in [6.45, 7) is 1.95. The van der Waals surface area contributed by atoms with Gasteiger partial charge in [-0.05, 0) is 25.3 Å². The molecule has 0 aromatic rings. The van der Waals surface area contributed by atoms with Crippen LogP contribution in [0, 0.1) is 5.92 Å². The number of carbonyl (C=O) groups is 1. The Bertz CT molecular complexity index is 317. The van der Waals surface area contributed by atoms with Gasteiger partial charge in [0, 0.05) is 18.0 Å². The quantitative estimate of drug-likeness (QED) is 0.683. The van der Waals surface area contributed by atoms with E-state index in [1.807, 2.05) is 6.92 Å². The molecular weight excluding hydrogens is 176 g/mol. The summed E-state index contributed by atoms with van der Waals surface area (Å²) in [4.78, 5) is 15.2. The van der Waals surface area contributed by atoms with Gasteiger partial charge in [0.15, 0.2) is 0 Å². The Balaban J connectivity index is 2.18. The second kappa shape index (κ2) is 3.65. The van der Waals surface area contributed by atoms with Gasteiger partial charge < -0.3 is 5.73 Å². The topological polar surface area (TPSA) is 55.5 Å². The number of hydrogen-bond donors (Lipinski definition) is 1. The van der Waals surface area contributed by atoms with Crippen LogP contribution in [0.5, 0.6) is 0 Å². The minimum Gasteiger partial charge on any atom is -0.327 e. The highest BCUT2D eigenvalue weighted by Gasteiger charge is 2.29. The van der Waals surface area contributed by atoms with Crippen LogP contribution in [0.1, 0.15) is 32.6 Å². The molecule has 1 aliphatic heterocycles. The number of nitrogens with zero attached hydrogens (tertiary/aromatic N) is 1. The Hall–Kier alpha value is -0.960. The smallest absolute Gasteiger partial charge is 0.270 e. The molecular formula is C11H16N2O. The number of rotatable bonds is 1. The van der Waals surface area contributed by atoms with Crippen molar-refractivity contribution in [1.82, 2.24) is 0 Å². The lowest BCUT2D eigenvalue weighted by molar-refractivity contribution is -0.113. The van der Waals surface area contributed by atoms with Gasteiger partial charge in [-0.1, -0.05) is 12.8 Å². The van der Waals surface area contributed by atoms with Crippen molar-refractivity contribution in [1.29, 1.82) is 0 Å². The Morgan fingerprint density at radius 3 is 2.71 bits per heavy atom. The Morgan fingerprint density at radius 2 is 2.14 bits per heavy atom. The van der Waals surface area contributed by atoms with Gasteiger partial charge >= 0.3 is 0 Å². The fraction of sp³-hybridized carbons (Fsp3) is 0.636. The monoisotopic (exact) mass is 192 g/mol. The summed E-state index contributed by atoms with van der Waals surface area (Å²) < 4.78 is 0. The molecule has 0 unspecified atom stereocenters. The van der Waals surface area contributed by atoms with E-state index in [0.29, 0.717) is 5.92 Å². The summed E-state index contributed by atoms with van der Waals surface area (Å²) in [7, 11) is 0. The van der Waals surface area contributed by atoms with Crippen LogP contribution in [0.2, 0.25) is 0 Å². The van der Waals surface area contributed by atoms with Crippen molar-refractivity contribution in [2.45, 2.75) is 38.6 Å². The lowest BCUT2D eigenvalue weighted by Crippen LogP contribution is -2.38. The summed E-state index contributed by atoms with van der Waals surface area (Å²) in [5.41, 5.74) is 8.01. The summed E-state index contributed by atoms with van der Waals surface area (Å²) >= 11 is 0. The number of hydrogen-bond acceptors (Lipinski definition) is 2. The zero-order valence-electron chi connectivity index (χ0n) is 8.49. The number of allylic oxidation sites excluding steroid dienone is 1. The molecule has 1 fully saturated rings. The van der Waals surface area contributed by atoms with Crippen LogP contribution in [0.25, 0.3) is 0 Å². The van der Waals surface area contributed by atoms with E-state index in [1.54, 1.807) is 6.08 Å². The van der Waals surface area contributed by atoms with Gasteiger partial charge in [-0.3, -0.25) is 4.79 Å². The van der Waals surface area contributed by atoms with E-state index < -0.39 is 0 Å². The fourth-order valence-electron chi connectivity index (χ4n) is 2.37. The maximum Gasteiger partial charge on any atom is 0.270 e. The van der Waals surface area contributed by atoms with Gasteiger partial charge in [-0.2, -0.15) is 0 Å². The largest absolute Gasteiger partial charge is 0.327 e. The molecule has 0 radical (unpaired) electrons. The van der Waals surface area contributed by atoms with Crippen LogP contribution in [0.15, 0.2) is 16.6 Å². The van der Waals surface area contributed by atoms with Gasteiger partial charge in [0.2, 0.25) is 0 Å². The average Bonchev–Trinajstić information content (AvgIpc) is 2.46. The molecule has 3 heteroatoms. The highest BCUT2D eigenvalue weighted by molar-refractivity contribution is 6.17. The standard InChI is InChI=1S/C11H16N2O/c1-7-6-10(14)13-11(7)8-4-2-3-5-9(8)12/h6,8-9H,2-5,12H2,1H3/t8-,9-/m1/s1. The van der Waals surface area contributed by atoms with E-state index in [4.69, 9.17) is 5.73 Å². The van der Waals surface area contributed by atoms with Crippen molar-refractivity contribution in [2.24, 2.45) is 16.6 Å². The molecule has 0 aromatic carbocycles. The zero-order valence-corrected chi connectivity index (χ0v) is 8.49. The van der Waals surface area contributed by atoms with E-state index in [2.05, 4.69) is 4.99 Å². The van der Waals surface area contributed by atoms with Crippen LogP contribution < -0.4 is 5.73 Å².